The molecular weight excluding hydrogens is 316 g/mol. The molecule has 0 atom stereocenters. The van der Waals surface area contributed by atoms with E-state index >= 15 is 0 Å². The average molecular weight is 338 g/mol. The number of morpholine rings is 1. The number of carbonyl (C=O) groups excluding carboxylic acids is 1. The van der Waals surface area contributed by atoms with Gasteiger partial charge in [-0.25, -0.2) is 0 Å². The summed E-state index contributed by atoms with van der Waals surface area (Å²) in [6.45, 7) is 3.31. The SMILES string of the molecule is COc1cccc(/C=C/C(=O)Nc2ccc(N3CCOCC3)cc2)c1. The van der Waals surface area contributed by atoms with Gasteiger partial charge < -0.3 is 19.7 Å². The van der Waals surface area contributed by atoms with Gasteiger partial charge in [-0.15, -0.1) is 0 Å². The normalized spacial score (nSPS) is 14.5. The molecule has 1 heterocycles. The molecule has 1 aliphatic heterocycles. The summed E-state index contributed by atoms with van der Waals surface area (Å²) in [7, 11) is 1.62. The van der Waals surface area contributed by atoms with E-state index in [4.69, 9.17) is 9.47 Å². The van der Waals surface area contributed by atoms with Crippen molar-refractivity contribution in [2.24, 2.45) is 0 Å². The Morgan fingerprint density at radius 1 is 1.16 bits per heavy atom. The largest absolute Gasteiger partial charge is 0.497 e. The molecule has 5 nitrogen and oxygen atoms in total. The molecule has 1 saturated heterocycles. The van der Waals surface area contributed by atoms with Crippen molar-refractivity contribution in [2.45, 2.75) is 0 Å². The van der Waals surface area contributed by atoms with Crippen molar-refractivity contribution in [1.82, 2.24) is 0 Å². The van der Waals surface area contributed by atoms with Crippen molar-refractivity contribution in [2.75, 3.05) is 43.6 Å². The van der Waals surface area contributed by atoms with Crippen LogP contribution in [0.25, 0.3) is 6.08 Å². The lowest BCUT2D eigenvalue weighted by Crippen LogP contribution is -2.36. The summed E-state index contributed by atoms with van der Waals surface area (Å²) in [5, 5.41) is 2.87. The molecule has 0 spiro atoms. The minimum absolute atomic E-state index is 0.165. The molecule has 1 amide bonds. The number of nitrogens with one attached hydrogen (secondary N) is 1. The van der Waals surface area contributed by atoms with Crippen LogP contribution in [0.5, 0.6) is 5.75 Å². The summed E-state index contributed by atoms with van der Waals surface area (Å²) in [5.74, 6) is 0.600. The van der Waals surface area contributed by atoms with Crippen LogP contribution in [0.1, 0.15) is 5.56 Å². The van der Waals surface area contributed by atoms with Crippen LogP contribution in [-0.4, -0.2) is 39.3 Å². The number of methoxy groups -OCH3 is 1. The van der Waals surface area contributed by atoms with Gasteiger partial charge in [0.25, 0.3) is 0 Å². The average Bonchev–Trinajstić information content (AvgIpc) is 2.68. The minimum Gasteiger partial charge on any atom is -0.497 e. The van der Waals surface area contributed by atoms with E-state index in [1.807, 2.05) is 48.5 Å². The highest BCUT2D eigenvalue weighted by Gasteiger charge is 2.10. The first-order valence-corrected chi connectivity index (χ1v) is 8.30. The highest BCUT2D eigenvalue weighted by Crippen LogP contribution is 2.19. The second kappa shape index (κ2) is 8.35. The van der Waals surface area contributed by atoms with Crippen molar-refractivity contribution in [3.63, 3.8) is 0 Å². The third-order valence-electron chi connectivity index (χ3n) is 4.03. The number of benzene rings is 2. The Kier molecular flexibility index (Phi) is 5.69. The van der Waals surface area contributed by atoms with Crippen LogP contribution < -0.4 is 15.0 Å². The molecule has 2 aromatic carbocycles. The molecule has 0 saturated carbocycles. The zero-order valence-corrected chi connectivity index (χ0v) is 14.3. The summed E-state index contributed by atoms with van der Waals surface area (Å²) in [5.41, 5.74) is 2.84. The first-order chi connectivity index (χ1) is 12.2. The maximum absolute atomic E-state index is 12.1. The third kappa shape index (κ3) is 4.84. The van der Waals surface area contributed by atoms with Crippen LogP contribution in [0.4, 0.5) is 11.4 Å². The number of hydrogen-bond donors (Lipinski definition) is 1. The van der Waals surface area contributed by atoms with E-state index in [-0.39, 0.29) is 5.91 Å². The summed E-state index contributed by atoms with van der Waals surface area (Å²) < 4.78 is 10.5. The van der Waals surface area contributed by atoms with Gasteiger partial charge in [0.1, 0.15) is 5.75 Å². The van der Waals surface area contributed by atoms with Crippen molar-refractivity contribution in [3.8, 4) is 5.75 Å². The Morgan fingerprint density at radius 2 is 1.92 bits per heavy atom. The number of anilines is 2. The highest BCUT2D eigenvalue weighted by atomic mass is 16.5. The van der Waals surface area contributed by atoms with Crippen molar-refractivity contribution in [1.29, 1.82) is 0 Å². The zero-order valence-electron chi connectivity index (χ0n) is 14.3. The van der Waals surface area contributed by atoms with Gasteiger partial charge in [-0.05, 0) is 48.0 Å². The van der Waals surface area contributed by atoms with E-state index in [0.29, 0.717) is 0 Å². The molecule has 0 bridgehead atoms. The summed E-state index contributed by atoms with van der Waals surface area (Å²) in [6.07, 6.45) is 3.28. The van der Waals surface area contributed by atoms with Gasteiger partial charge in [0, 0.05) is 30.5 Å². The Morgan fingerprint density at radius 3 is 2.64 bits per heavy atom. The molecule has 0 aromatic heterocycles. The molecule has 0 aliphatic carbocycles. The van der Waals surface area contributed by atoms with Crippen LogP contribution in [0.2, 0.25) is 0 Å². The summed E-state index contributed by atoms with van der Waals surface area (Å²) in [6, 6.07) is 15.4. The number of nitrogens with zero attached hydrogens (tertiary/aromatic N) is 1. The fourth-order valence-corrected chi connectivity index (χ4v) is 2.68. The van der Waals surface area contributed by atoms with Gasteiger partial charge in [-0.1, -0.05) is 12.1 Å². The number of rotatable bonds is 5. The van der Waals surface area contributed by atoms with Crippen LogP contribution in [-0.2, 0) is 9.53 Å². The van der Waals surface area contributed by atoms with Crippen molar-refractivity contribution >= 4 is 23.4 Å². The van der Waals surface area contributed by atoms with Crippen molar-refractivity contribution in [3.05, 3.63) is 60.2 Å². The molecular formula is C20H22N2O3. The van der Waals surface area contributed by atoms with Crippen LogP contribution in [0, 0.1) is 0 Å². The molecule has 1 N–H and O–H groups in total. The van der Waals surface area contributed by atoms with Crippen LogP contribution in [0.3, 0.4) is 0 Å². The van der Waals surface area contributed by atoms with E-state index in [9.17, 15) is 4.79 Å². The van der Waals surface area contributed by atoms with E-state index in [1.165, 1.54) is 6.08 Å². The Labute approximate surface area is 147 Å². The first-order valence-electron chi connectivity index (χ1n) is 8.30. The second-order valence-electron chi connectivity index (χ2n) is 5.75. The Bertz CT molecular complexity index is 735. The lowest BCUT2D eigenvalue weighted by Gasteiger charge is -2.28. The highest BCUT2D eigenvalue weighted by molar-refractivity contribution is 6.02. The Balaban J connectivity index is 1.57. The first kappa shape index (κ1) is 17.0. The predicted octanol–water partition coefficient (Wildman–Crippen LogP) is 3.18. The topological polar surface area (TPSA) is 50.8 Å². The molecule has 5 heteroatoms. The number of ether oxygens (including phenoxy) is 2. The van der Waals surface area contributed by atoms with Crippen LogP contribution in [0.15, 0.2) is 54.6 Å². The quantitative estimate of drug-likeness (QED) is 0.851. The molecule has 1 aliphatic rings. The lowest BCUT2D eigenvalue weighted by molar-refractivity contribution is -0.111. The summed E-state index contributed by atoms with van der Waals surface area (Å²) >= 11 is 0. The monoisotopic (exact) mass is 338 g/mol. The number of hydrogen-bond acceptors (Lipinski definition) is 4. The molecule has 3 rings (SSSR count). The second-order valence-corrected chi connectivity index (χ2v) is 5.75. The fraction of sp³-hybridized carbons (Fsp3) is 0.250. The Hall–Kier alpha value is -2.79. The van der Waals surface area contributed by atoms with Gasteiger partial charge >= 0.3 is 0 Å². The van der Waals surface area contributed by atoms with E-state index in [2.05, 4.69) is 10.2 Å². The number of amides is 1. The maximum atomic E-state index is 12.1. The van der Waals surface area contributed by atoms with Gasteiger partial charge in [-0.2, -0.15) is 0 Å². The van der Waals surface area contributed by atoms with E-state index in [0.717, 1.165) is 49.0 Å². The molecule has 0 radical (unpaired) electrons. The smallest absolute Gasteiger partial charge is 0.248 e. The molecule has 130 valence electrons. The van der Waals surface area contributed by atoms with Gasteiger partial charge in [0.2, 0.25) is 5.91 Å². The molecule has 1 fully saturated rings. The number of carbonyl (C=O) groups is 1. The molecule has 0 unspecified atom stereocenters. The predicted molar refractivity (Wildman–Crippen MR) is 100 cm³/mol. The van der Waals surface area contributed by atoms with Crippen LogP contribution >= 0.6 is 0 Å². The molecule has 2 aromatic rings. The lowest BCUT2D eigenvalue weighted by atomic mass is 10.2. The van der Waals surface area contributed by atoms with Gasteiger partial charge in [0.05, 0.1) is 20.3 Å². The van der Waals surface area contributed by atoms with E-state index in [1.54, 1.807) is 13.2 Å². The molecule has 25 heavy (non-hydrogen) atoms. The van der Waals surface area contributed by atoms with E-state index < -0.39 is 0 Å². The van der Waals surface area contributed by atoms with Gasteiger partial charge in [-0.3, -0.25) is 4.79 Å². The fourth-order valence-electron chi connectivity index (χ4n) is 2.68. The maximum Gasteiger partial charge on any atom is 0.248 e. The van der Waals surface area contributed by atoms with Gasteiger partial charge in [0.15, 0.2) is 0 Å². The third-order valence-corrected chi connectivity index (χ3v) is 4.03. The standard InChI is InChI=1S/C20H22N2O3/c1-24-19-4-2-3-16(15-19)5-10-20(23)21-17-6-8-18(9-7-17)22-11-13-25-14-12-22/h2-10,15H,11-14H2,1H3,(H,21,23)/b10-5+. The zero-order chi connectivity index (χ0) is 17.5. The van der Waals surface area contributed by atoms with Crippen molar-refractivity contribution < 1.29 is 14.3 Å². The summed E-state index contributed by atoms with van der Waals surface area (Å²) in [4.78, 5) is 14.3. The minimum atomic E-state index is -0.165.